The van der Waals surface area contributed by atoms with Crippen molar-refractivity contribution in [2.75, 3.05) is 16.6 Å². The lowest BCUT2D eigenvalue weighted by Gasteiger charge is -2.10. The molecule has 0 atom stereocenters. The summed E-state index contributed by atoms with van der Waals surface area (Å²) in [5.41, 5.74) is 16.1. The van der Waals surface area contributed by atoms with Crippen molar-refractivity contribution in [1.29, 1.82) is 0 Å². The van der Waals surface area contributed by atoms with Gasteiger partial charge in [-0.15, -0.1) is 5.53 Å². The maximum Gasteiger partial charge on any atom is 0.172 e. The Kier molecular flexibility index (Phi) is 3.14. The molecule has 1 aromatic carbocycles. The molecule has 0 saturated heterocycles. The van der Waals surface area contributed by atoms with E-state index in [1.165, 1.54) is 0 Å². The molecule has 1 aliphatic rings. The number of anilines is 3. The SMILES string of the molecule is Nc1cc(OCc2ccc(Br)cc2)c2c(n1)NNN2. The van der Waals surface area contributed by atoms with Crippen LogP contribution in [0.3, 0.4) is 0 Å². The molecule has 98 valence electrons. The number of halogens is 1. The fourth-order valence-corrected chi connectivity index (χ4v) is 2.02. The lowest BCUT2D eigenvalue weighted by atomic mass is 10.2. The second-order valence-electron chi connectivity index (χ2n) is 4.06. The normalized spacial score (nSPS) is 12.5. The monoisotopic (exact) mass is 321 g/mol. The number of hydrazine groups is 2. The molecule has 2 aromatic rings. The van der Waals surface area contributed by atoms with Gasteiger partial charge in [-0.25, -0.2) is 4.98 Å². The number of rotatable bonds is 3. The van der Waals surface area contributed by atoms with E-state index in [4.69, 9.17) is 10.5 Å². The highest BCUT2D eigenvalue weighted by Crippen LogP contribution is 2.34. The first-order chi connectivity index (χ1) is 9.22. The average Bonchev–Trinajstić information content (AvgIpc) is 2.85. The number of nitrogens with one attached hydrogen (secondary N) is 3. The standard InChI is InChI=1S/C12H12BrN5O/c13-8-3-1-7(2-4-8)6-19-9-5-10(14)15-12-11(9)16-18-17-12/h1-5,16,18H,6H2,(H3,14,15,17). The Balaban J connectivity index is 1.78. The van der Waals surface area contributed by atoms with Crippen molar-refractivity contribution >= 4 is 33.3 Å². The number of nitrogens with zero attached hydrogens (tertiary/aromatic N) is 1. The van der Waals surface area contributed by atoms with E-state index in [-0.39, 0.29) is 0 Å². The van der Waals surface area contributed by atoms with E-state index < -0.39 is 0 Å². The van der Waals surface area contributed by atoms with Crippen LogP contribution in [0.15, 0.2) is 34.8 Å². The third kappa shape index (κ3) is 2.56. The molecular weight excluding hydrogens is 310 g/mol. The third-order valence-corrected chi connectivity index (χ3v) is 3.21. The molecule has 0 bridgehead atoms. The van der Waals surface area contributed by atoms with Crippen LogP contribution in [0.4, 0.5) is 17.3 Å². The van der Waals surface area contributed by atoms with Gasteiger partial charge in [0.05, 0.1) is 0 Å². The minimum Gasteiger partial charge on any atom is -0.486 e. The zero-order valence-corrected chi connectivity index (χ0v) is 11.5. The number of hydrogen-bond acceptors (Lipinski definition) is 6. The smallest absolute Gasteiger partial charge is 0.172 e. The zero-order chi connectivity index (χ0) is 13.2. The third-order valence-electron chi connectivity index (χ3n) is 2.68. The number of benzene rings is 1. The summed E-state index contributed by atoms with van der Waals surface area (Å²) in [7, 11) is 0. The van der Waals surface area contributed by atoms with Gasteiger partial charge in [0.1, 0.15) is 18.1 Å². The first kappa shape index (κ1) is 12.1. The van der Waals surface area contributed by atoms with Crippen LogP contribution in [0.25, 0.3) is 0 Å². The van der Waals surface area contributed by atoms with Gasteiger partial charge in [-0.2, -0.15) is 0 Å². The number of nitrogen functional groups attached to an aromatic ring is 1. The highest BCUT2D eigenvalue weighted by atomic mass is 79.9. The van der Waals surface area contributed by atoms with Gasteiger partial charge in [-0.05, 0) is 17.7 Å². The molecule has 0 fully saturated rings. The summed E-state index contributed by atoms with van der Waals surface area (Å²) in [4.78, 5) is 4.14. The summed E-state index contributed by atoms with van der Waals surface area (Å²) in [5.74, 6) is 1.69. The topological polar surface area (TPSA) is 84.2 Å². The molecule has 0 aliphatic carbocycles. The Morgan fingerprint density at radius 1 is 1.21 bits per heavy atom. The molecule has 6 nitrogen and oxygen atoms in total. The van der Waals surface area contributed by atoms with Crippen LogP contribution in [0.2, 0.25) is 0 Å². The Morgan fingerprint density at radius 3 is 2.79 bits per heavy atom. The molecule has 0 spiro atoms. The molecule has 7 heteroatoms. The van der Waals surface area contributed by atoms with Gasteiger partial charge < -0.3 is 10.5 Å². The van der Waals surface area contributed by atoms with Gasteiger partial charge in [0, 0.05) is 10.5 Å². The number of ether oxygens (including phenoxy) is 1. The Morgan fingerprint density at radius 2 is 2.00 bits per heavy atom. The lowest BCUT2D eigenvalue weighted by Crippen LogP contribution is -2.19. The van der Waals surface area contributed by atoms with Crippen LogP contribution >= 0.6 is 15.9 Å². The summed E-state index contributed by atoms with van der Waals surface area (Å²) in [6.45, 7) is 0.463. The predicted molar refractivity (Wildman–Crippen MR) is 77.5 cm³/mol. The van der Waals surface area contributed by atoms with E-state index in [0.29, 0.717) is 24.0 Å². The molecule has 3 rings (SSSR count). The molecule has 5 N–H and O–H groups in total. The summed E-state index contributed by atoms with van der Waals surface area (Å²) in [6.07, 6.45) is 0. The number of aromatic nitrogens is 1. The first-order valence-corrected chi connectivity index (χ1v) is 6.46. The molecule has 0 saturated carbocycles. The highest BCUT2D eigenvalue weighted by molar-refractivity contribution is 9.10. The van der Waals surface area contributed by atoms with E-state index in [9.17, 15) is 0 Å². The van der Waals surface area contributed by atoms with E-state index in [0.717, 1.165) is 15.7 Å². The van der Waals surface area contributed by atoms with Gasteiger partial charge in [0.15, 0.2) is 11.6 Å². The zero-order valence-electron chi connectivity index (χ0n) is 9.90. The largest absolute Gasteiger partial charge is 0.486 e. The first-order valence-electron chi connectivity index (χ1n) is 5.67. The molecule has 2 heterocycles. The van der Waals surface area contributed by atoms with Crippen LogP contribution in [0.5, 0.6) is 5.75 Å². The van der Waals surface area contributed by atoms with E-state index in [2.05, 4.69) is 37.3 Å². The van der Waals surface area contributed by atoms with Crippen molar-refractivity contribution in [1.82, 2.24) is 10.5 Å². The Bertz CT molecular complexity index is 602. The van der Waals surface area contributed by atoms with Gasteiger partial charge >= 0.3 is 0 Å². The van der Waals surface area contributed by atoms with Gasteiger partial charge in [-0.3, -0.25) is 10.9 Å². The molecule has 0 radical (unpaired) electrons. The van der Waals surface area contributed by atoms with E-state index >= 15 is 0 Å². The van der Waals surface area contributed by atoms with E-state index in [1.54, 1.807) is 6.07 Å². The van der Waals surface area contributed by atoms with Gasteiger partial charge in [0.25, 0.3) is 0 Å². The van der Waals surface area contributed by atoms with Crippen LogP contribution < -0.4 is 26.9 Å². The molecule has 0 amide bonds. The predicted octanol–water partition coefficient (Wildman–Crippen LogP) is 2.26. The van der Waals surface area contributed by atoms with Gasteiger partial charge in [0.2, 0.25) is 0 Å². The maximum absolute atomic E-state index is 5.78. The molecular formula is C12H12BrN5O. The van der Waals surface area contributed by atoms with E-state index in [1.807, 2.05) is 24.3 Å². The molecule has 1 aromatic heterocycles. The minimum absolute atomic E-state index is 0.405. The minimum atomic E-state index is 0.405. The summed E-state index contributed by atoms with van der Waals surface area (Å²) in [5, 5.41) is 0. The quantitative estimate of drug-likeness (QED) is 0.694. The van der Waals surface area contributed by atoms with Crippen LogP contribution in [-0.2, 0) is 6.61 Å². The van der Waals surface area contributed by atoms with Crippen molar-refractivity contribution in [3.63, 3.8) is 0 Å². The Labute approximate surface area is 118 Å². The summed E-state index contributed by atoms with van der Waals surface area (Å²) < 4.78 is 6.82. The lowest BCUT2D eigenvalue weighted by molar-refractivity contribution is 0.308. The number of nitrogens with two attached hydrogens (primary N) is 1. The second kappa shape index (κ2) is 4.94. The van der Waals surface area contributed by atoms with Crippen molar-refractivity contribution < 1.29 is 4.74 Å². The number of pyridine rings is 1. The number of hydrogen-bond donors (Lipinski definition) is 4. The summed E-state index contributed by atoms with van der Waals surface area (Å²) >= 11 is 3.40. The van der Waals surface area contributed by atoms with Crippen molar-refractivity contribution in [2.45, 2.75) is 6.61 Å². The number of fused-ring (bicyclic) bond motifs is 1. The van der Waals surface area contributed by atoms with Crippen LogP contribution in [0, 0.1) is 0 Å². The molecule has 0 unspecified atom stereocenters. The summed E-state index contributed by atoms with van der Waals surface area (Å²) in [6, 6.07) is 9.65. The van der Waals surface area contributed by atoms with Crippen LogP contribution in [0.1, 0.15) is 5.56 Å². The van der Waals surface area contributed by atoms with Crippen LogP contribution in [-0.4, -0.2) is 4.98 Å². The maximum atomic E-state index is 5.78. The van der Waals surface area contributed by atoms with Crippen molar-refractivity contribution in [2.24, 2.45) is 0 Å². The molecule has 1 aliphatic heterocycles. The average molecular weight is 322 g/mol. The fourth-order valence-electron chi connectivity index (χ4n) is 1.76. The highest BCUT2D eigenvalue weighted by Gasteiger charge is 2.17. The molecule has 19 heavy (non-hydrogen) atoms. The van der Waals surface area contributed by atoms with Crippen molar-refractivity contribution in [3.8, 4) is 5.75 Å². The van der Waals surface area contributed by atoms with Gasteiger partial charge in [-0.1, -0.05) is 28.1 Å². The fraction of sp³-hybridized carbons (Fsp3) is 0.0833. The Hall–Kier alpha value is -1.99. The van der Waals surface area contributed by atoms with Crippen molar-refractivity contribution in [3.05, 3.63) is 40.4 Å². The second-order valence-corrected chi connectivity index (χ2v) is 4.97.